The Labute approximate surface area is 197 Å². The van der Waals surface area contributed by atoms with Gasteiger partial charge in [-0.2, -0.15) is 0 Å². The molecule has 29 heavy (non-hydrogen) atoms. The van der Waals surface area contributed by atoms with Crippen LogP contribution in [0.15, 0.2) is 0 Å². The first-order valence-electron chi connectivity index (χ1n) is 13.7. The monoisotopic (exact) mass is 424 g/mol. The fourth-order valence-electron chi connectivity index (χ4n) is 5.12. The molecule has 0 nitrogen and oxygen atoms in total. The maximum atomic E-state index is 2.43. The quantitative estimate of drug-likeness (QED) is 0.113. The molecule has 0 aromatic carbocycles. The molecule has 0 aromatic heterocycles. The lowest BCUT2D eigenvalue weighted by Gasteiger charge is -2.35. The summed E-state index contributed by atoms with van der Waals surface area (Å²) in [7, 11) is 0. The molecule has 0 aliphatic carbocycles. The Balaban J connectivity index is 0. The van der Waals surface area contributed by atoms with Gasteiger partial charge in [-0.05, 0) is 31.1 Å². The summed E-state index contributed by atoms with van der Waals surface area (Å²) < 4.78 is 0. The first-order valence-corrected chi connectivity index (χ1v) is 13.7. The van der Waals surface area contributed by atoms with Crippen molar-refractivity contribution in [2.45, 2.75) is 175 Å². The molecule has 0 saturated heterocycles. The molecule has 0 amide bonds. The highest BCUT2D eigenvalue weighted by Crippen LogP contribution is 2.41. The first kappa shape index (κ1) is 31.7. The van der Waals surface area contributed by atoms with Crippen molar-refractivity contribution in [3.8, 4) is 0 Å². The van der Waals surface area contributed by atoms with Crippen LogP contribution in [-0.2, 0) is 0 Å². The summed E-state index contributed by atoms with van der Waals surface area (Å²) in [5.74, 6) is 0. The molecule has 1 heteroatoms. The molecule has 0 aromatic rings. The maximum Gasteiger partial charge on any atom is 0.187 e. The van der Waals surface area contributed by atoms with E-state index in [1.807, 2.05) is 0 Å². The van der Waals surface area contributed by atoms with E-state index < -0.39 is 0 Å². The zero-order chi connectivity index (χ0) is 20.8. The SMILES string of the molecule is CCCCCCCCC(CCC)(CCCCCCCC)CCCCCCCC.[AlH3]. The van der Waals surface area contributed by atoms with Gasteiger partial charge >= 0.3 is 0 Å². The fourth-order valence-corrected chi connectivity index (χ4v) is 5.12. The minimum atomic E-state index is 0. The highest BCUT2D eigenvalue weighted by Gasteiger charge is 2.27. The summed E-state index contributed by atoms with van der Waals surface area (Å²) in [6, 6.07) is 0. The largest absolute Gasteiger partial charge is 0.187 e. The van der Waals surface area contributed by atoms with Gasteiger partial charge < -0.3 is 0 Å². The molecule has 0 saturated carbocycles. The van der Waals surface area contributed by atoms with Crippen LogP contribution in [0.2, 0.25) is 0 Å². The Bertz CT molecular complexity index is 245. The lowest BCUT2D eigenvalue weighted by molar-refractivity contribution is 0.176. The van der Waals surface area contributed by atoms with Crippen LogP contribution in [0.1, 0.15) is 175 Å². The van der Waals surface area contributed by atoms with E-state index in [9.17, 15) is 0 Å². The third-order valence-electron chi connectivity index (χ3n) is 6.96. The zero-order valence-electron chi connectivity index (χ0n) is 20.8. The number of rotatable bonds is 23. The first-order chi connectivity index (χ1) is 13.7. The van der Waals surface area contributed by atoms with Gasteiger partial charge in [-0.25, -0.2) is 0 Å². The van der Waals surface area contributed by atoms with Crippen LogP contribution in [0.4, 0.5) is 0 Å². The Kier molecular flexibility index (Phi) is 27.1. The molecule has 0 heterocycles. The van der Waals surface area contributed by atoms with Gasteiger partial charge in [0, 0.05) is 0 Å². The molecule has 0 bridgehead atoms. The molecule has 0 unspecified atom stereocenters. The Hall–Kier alpha value is 0.532. The van der Waals surface area contributed by atoms with Crippen molar-refractivity contribution in [2.75, 3.05) is 0 Å². The highest BCUT2D eigenvalue weighted by atomic mass is 27.0. The van der Waals surface area contributed by atoms with Crippen molar-refractivity contribution in [2.24, 2.45) is 5.41 Å². The summed E-state index contributed by atoms with van der Waals surface area (Å²) in [4.78, 5) is 0. The second-order valence-electron chi connectivity index (χ2n) is 9.80. The average Bonchev–Trinajstić information content (AvgIpc) is 2.70. The van der Waals surface area contributed by atoms with Gasteiger partial charge in [0.05, 0.1) is 0 Å². The Morgan fingerprint density at radius 3 is 0.862 bits per heavy atom. The average molecular weight is 425 g/mol. The molecule has 0 spiro atoms. The summed E-state index contributed by atoms with van der Waals surface area (Å²) in [5.41, 5.74) is 0.690. The Morgan fingerprint density at radius 1 is 0.310 bits per heavy atom. The standard InChI is InChI=1S/C28H58.Al.3H/c1-5-9-12-15-18-21-25-28(24-8-4,26-22-19-16-13-10-6-2)27-23-20-17-14-11-7-3;;;;/h5-27H2,1-4H3;;;;. The van der Waals surface area contributed by atoms with E-state index in [4.69, 9.17) is 0 Å². The summed E-state index contributed by atoms with van der Waals surface area (Å²) >= 11 is 0. The van der Waals surface area contributed by atoms with E-state index in [0.29, 0.717) is 5.41 Å². The minimum absolute atomic E-state index is 0. The van der Waals surface area contributed by atoms with Crippen LogP contribution >= 0.6 is 0 Å². The molecule has 0 fully saturated rings. The van der Waals surface area contributed by atoms with Gasteiger partial charge in [-0.3, -0.25) is 0 Å². The van der Waals surface area contributed by atoms with E-state index in [1.165, 1.54) is 148 Å². The molecule has 0 N–H and O–H groups in total. The van der Waals surface area contributed by atoms with Crippen molar-refractivity contribution in [3.05, 3.63) is 0 Å². The molecule has 176 valence electrons. The third-order valence-corrected chi connectivity index (χ3v) is 6.96. The van der Waals surface area contributed by atoms with Crippen LogP contribution in [0, 0.1) is 5.41 Å². The van der Waals surface area contributed by atoms with Gasteiger partial charge in [0.15, 0.2) is 17.4 Å². The summed E-state index contributed by atoms with van der Waals surface area (Å²) in [6.45, 7) is 9.41. The van der Waals surface area contributed by atoms with E-state index in [2.05, 4.69) is 27.7 Å². The minimum Gasteiger partial charge on any atom is -0.0654 e. The molecule has 0 atom stereocenters. The highest BCUT2D eigenvalue weighted by molar-refractivity contribution is 5.75. The second-order valence-corrected chi connectivity index (χ2v) is 9.80. The topological polar surface area (TPSA) is 0 Å². The van der Waals surface area contributed by atoms with Crippen LogP contribution < -0.4 is 0 Å². The van der Waals surface area contributed by atoms with E-state index >= 15 is 0 Å². The third kappa shape index (κ3) is 20.2. The molecule has 0 rings (SSSR count). The molecule has 0 aliphatic heterocycles. The molecule has 0 radical (unpaired) electrons. The Morgan fingerprint density at radius 2 is 0.586 bits per heavy atom. The van der Waals surface area contributed by atoms with Gasteiger partial charge in [-0.15, -0.1) is 0 Å². The van der Waals surface area contributed by atoms with Crippen molar-refractivity contribution < 1.29 is 0 Å². The van der Waals surface area contributed by atoms with Gasteiger partial charge in [0.25, 0.3) is 0 Å². The summed E-state index contributed by atoms with van der Waals surface area (Å²) in [6.07, 6.45) is 33.7. The summed E-state index contributed by atoms with van der Waals surface area (Å²) in [5, 5.41) is 0. The van der Waals surface area contributed by atoms with Crippen molar-refractivity contribution in [1.82, 2.24) is 0 Å². The van der Waals surface area contributed by atoms with Gasteiger partial charge in [-0.1, -0.05) is 150 Å². The predicted molar refractivity (Wildman–Crippen MR) is 141 cm³/mol. The van der Waals surface area contributed by atoms with Gasteiger partial charge in [0.1, 0.15) is 0 Å². The van der Waals surface area contributed by atoms with Gasteiger partial charge in [0.2, 0.25) is 0 Å². The lowest BCUT2D eigenvalue weighted by atomic mass is 9.71. The smallest absolute Gasteiger partial charge is 0.0654 e. The van der Waals surface area contributed by atoms with Crippen LogP contribution in [0.25, 0.3) is 0 Å². The van der Waals surface area contributed by atoms with E-state index in [1.54, 1.807) is 0 Å². The molecular formula is C28H61Al. The van der Waals surface area contributed by atoms with Crippen LogP contribution in [-0.4, -0.2) is 17.4 Å². The predicted octanol–water partition coefficient (Wildman–Crippen LogP) is 9.84. The number of unbranched alkanes of at least 4 members (excludes halogenated alkanes) is 15. The molecule has 0 aliphatic rings. The number of hydrogen-bond acceptors (Lipinski definition) is 0. The van der Waals surface area contributed by atoms with Crippen molar-refractivity contribution >= 4 is 17.4 Å². The van der Waals surface area contributed by atoms with E-state index in [0.717, 1.165) is 0 Å². The van der Waals surface area contributed by atoms with Crippen molar-refractivity contribution in [1.29, 1.82) is 0 Å². The normalized spacial score (nSPS) is 11.6. The van der Waals surface area contributed by atoms with Crippen molar-refractivity contribution in [3.63, 3.8) is 0 Å². The number of hydrogen-bond donors (Lipinski definition) is 0. The maximum absolute atomic E-state index is 2.43. The fraction of sp³-hybridized carbons (Fsp3) is 1.00. The van der Waals surface area contributed by atoms with Crippen LogP contribution in [0.3, 0.4) is 0 Å². The second kappa shape index (κ2) is 24.8. The lowest BCUT2D eigenvalue weighted by Crippen LogP contribution is -2.21. The zero-order valence-corrected chi connectivity index (χ0v) is 20.8. The van der Waals surface area contributed by atoms with E-state index in [-0.39, 0.29) is 17.4 Å². The molecular weight excluding hydrogens is 363 g/mol. The van der Waals surface area contributed by atoms with Crippen LogP contribution in [0.5, 0.6) is 0 Å².